The Hall–Kier alpha value is -3.35. The molecule has 0 aliphatic rings. The first-order valence-electron chi connectivity index (χ1n) is 6.89. The smallest absolute Gasteiger partial charge is 0.335 e. The Bertz CT molecular complexity index is 884. The van der Waals surface area contributed by atoms with Crippen molar-refractivity contribution in [2.24, 2.45) is 0 Å². The third kappa shape index (κ3) is 3.29. The molecular weight excluding hydrogens is 296 g/mol. The SMILES string of the molecule is CC(=O)Nc1ccc(Nc2nc3ccc(C(=O)O)cc3[nH]2)cc1. The minimum atomic E-state index is -0.982. The zero-order valence-corrected chi connectivity index (χ0v) is 12.3. The van der Waals surface area contributed by atoms with E-state index in [1.54, 1.807) is 30.3 Å². The number of nitrogens with zero attached hydrogens (tertiary/aromatic N) is 1. The van der Waals surface area contributed by atoms with Crippen LogP contribution in [0.25, 0.3) is 11.0 Å². The minimum Gasteiger partial charge on any atom is -0.478 e. The predicted octanol–water partition coefficient (Wildman–Crippen LogP) is 2.96. The number of fused-ring (bicyclic) bond motifs is 1. The van der Waals surface area contributed by atoms with E-state index in [1.807, 2.05) is 0 Å². The van der Waals surface area contributed by atoms with Gasteiger partial charge in [-0.3, -0.25) is 4.79 Å². The van der Waals surface area contributed by atoms with Gasteiger partial charge in [-0.1, -0.05) is 0 Å². The molecule has 3 rings (SSSR count). The number of benzene rings is 2. The van der Waals surface area contributed by atoms with Gasteiger partial charge >= 0.3 is 5.97 Å². The van der Waals surface area contributed by atoms with Crippen LogP contribution in [0.4, 0.5) is 17.3 Å². The summed E-state index contributed by atoms with van der Waals surface area (Å²) in [5.41, 5.74) is 3.01. The average Bonchev–Trinajstić information content (AvgIpc) is 2.90. The van der Waals surface area contributed by atoms with Crippen LogP contribution >= 0.6 is 0 Å². The Balaban J connectivity index is 1.81. The molecule has 0 fully saturated rings. The maximum absolute atomic E-state index is 11.0. The molecule has 0 radical (unpaired) electrons. The molecule has 0 aliphatic carbocycles. The zero-order valence-electron chi connectivity index (χ0n) is 12.3. The van der Waals surface area contributed by atoms with Gasteiger partial charge in [-0.05, 0) is 42.5 Å². The molecule has 0 atom stereocenters. The van der Waals surface area contributed by atoms with Gasteiger partial charge in [0.2, 0.25) is 11.9 Å². The van der Waals surface area contributed by atoms with Gasteiger partial charge in [-0.2, -0.15) is 0 Å². The summed E-state index contributed by atoms with van der Waals surface area (Å²) in [7, 11) is 0. The second-order valence-corrected chi connectivity index (χ2v) is 5.01. The summed E-state index contributed by atoms with van der Waals surface area (Å²) in [4.78, 5) is 29.3. The summed E-state index contributed by atoms with van der Waals surface area (Å²) in [6.07, 6.45) is 0. The first-order chi connectivity index (χ1) is 11.0. The van der Waals surface area contributed by atoms with E-state index in [1.165, 1.54) is 19.1 Å². The van der Waals surface area contributed by atoms with Crippen molar-refractivity contribution >= 4 is 40.2 Å². The summed E-state index contributed by atoms with van der Waals surface area (Å²) in [5, 5.41) is 14.8. The normalized spacial score (nSPS) is 10.5. The van der Waals surface area contributed by atoms with E-state index in [-0.39, 0.29) is 11.5 Å². The highest BCUT2D eigenvalue weighted by Gasteiger charge is 2.07. The van der Waals surface area contributed by atoms with Crippen LogP contribution in [0.1, 0.15) is 17.3 Å². The van der Waals surface area contributed by atoms with Crippen LogP contribution in [0.3, 0.4) is 0 Å². The molecule has 116 valence electrons. The molecule has 1 aromatic heterocycles. The number of carboxylic acids is 1. The highest BCUT2D eigenvalue weighted by Crippen LogP contribution is 2.21. The van der Waals surface area contributed by atoms with Gasteiger partial charge in [0.1, 0.15) is 0 Å². The summed E-state index contributed by atoms with van der Waals surface area (Å²) in [6, 6.07) is 11.9. The first-order valence-corrected chi connectivity index (χ1v) is 6.89. The van der Waals surface area contributed by atoms with Gasteiger partial charge in [0.25, 0.3) is 0 Å². The van der Waals surface area contributed by atoms with Crippen molar-refractivity contribution in [1.29, 1.82) is 0 Å². The third-order valence-electron chi connectivity index (χ3n) is 3.20. The second kappa shape index (κ2) is 5.80. The van der Waals surface area contributed by atoms with E-state index in [0.717, 1.165) is 5.69 Å². The number of anilines is 3. The fourth-order valence-corrected chi connectivity index (χ4v) is 2.18. The number of aromatic amines is 1. The van der Waals surface area contributed by atoms with Crippen molar-refractivity contribution in [3.8, 4) is 0 Å². The van der Waals surface area contributed by atoms with E-state index < -0.39 is 5.97 Å². The van der Waals surface area contributed by atoms with E-state index in [4.69, 9.17) is 5.11 Å². The topological polar surface area (TPSA) is 107 Å². The molecular formula is C16H14N4O3. The number of carboxylic acid groups (broad SMARTS) is 1. The number of carbonyl (C=O) groups excluding carboxylic acids is 1. The number of hydrogen-bond donors (Lipinski definition) is 4. The number of nitrogens with one attached hydrogen (secondary N) is 3. The molecule has 0 bridgehead atoms. The van der Waals surface area contributed by atoms with Crippen molar-refractivity contribution in [2.45, 2.75) is 6.92 Å². The molecule has 0 saturated heterocycles. The lowest BCUT2D eigenvalue weighted by Gasteiger charge is -2.05. The van der Waals surface area contributed by atoms with E-state index in [9.17, 15) is 9.59 Å². The molecule has 2 aromatic carbocycles. The van der Waals surface area contributed by atoms with Crippen molar-refractivity contribution in [3.63, 3.8) is 0 Å². The van der Waals surface area contributed by atoms with Gasteiger partial charge in [0.05, 0.1) is 16.6 Å². The van der Waals surface area contributed by atoms with Crippen molar-refractivity contribution in [3.05, 3.63) is 48.0 Å². The molecule has 23 heavy (non-hydrogen) atoms. The molecule has 0 unspecified atom stereocenters. The van der Waals surface area contributed by atoms with Crippen LogP contribution in [0, 0.1) is 0 Å². The average molecular weight is 310 g/mol. The maximum Gasteiger partial charge on any atom is 0.335 e. The number of imidazole rings is 1. The van der Waals surface area contributed by atoms with E-state index in [2.05, 4.69) is 20.6 Å². The molecule has 1 heterocycles. The van der Waals surface area contributed by atoms with Crippen LogP contribution in [-0.4, -0.2) is 27.0 Å². The summed E-state index contributed by atoms with van der Waals surface area (Å²) < 4.78 is 0. The quantitative estimate of drug-likeness (QED) is 0.592. The van der Waals surface area contributed by atoms with Gasteiger partial charge < -0.3 is 20.7 Å². The number of aromatic carboxylic acids is 1. The van der Waals surface area contributed by atoms with E-state index in [0.29, 0.717) is 22.7 Å². The van der Waals surface area contributed by atoms with Crippen molar-refractivity contribution < 1.29 is 14.7 Å². The Kier molecular flexibility index (Phi) is 3.68. The molecule has 3 aromatic rings. The third-order valence-corrected chi connectivity index (χ3v) is 3.20. The summed E-state index contributed by atoms with van der Waals surface area (Å²) >= 11 is 0. The number of carbonyl (C=O) groups is 2. The second-order valence-electron chi connectivity index (χ2n) is 5.01. The molecule has 7 nitrogen and oxygen atoms in total. The standard InChI is InChI=1S/C16H14N4O3/c1-9(21)17-11-3-5-12(6-4-11)18-16-19-13-7-2-10(15(22)23)8-14(13)20-16/h2-8H,1H3,(H,17,21)(H,22,23)(H2,18,19,20). The van der Waals surface area contributed by atoms with E-state index >= 15 is 0 Å². The predicted molar refractivity (Wildman–Crippen MR) is 87.1 cm³/mol. The van der Waals surface area contributed by atoms with Crippen LogP contribution < -0.4 is 10.6 Å². The van der Waals surface area contributed by atoms with Crippen LogP contribution in [0.5, 0.6) is 0 Å². The molecule has 1 amide bonds. The number of H-pyrrole nitrogens is 1. The molecule has 0 aliphatic heterocycles. The number of aromatic nitrogens is 2. The van der Waals surface area contributed by atoms with Gasteiger partial charge in [0, 0.05) is 18.3 Å². The Labute approximate surface area is 131 Å². The highest BCUT2D eigenvalue weighted by atomic mass is 16.4. The van der Waals surface area contributed by atoms with Crippen LogP contribution in [0.15, 0.2) is 42.5 Å². The first kappa shape index (κ1) is 14.6. The maximum atomic E-state index is 11.0. The minimum absolute atomic E-state index is 0.128. The van der Waals surface area contributed by atoms with Crippen LogP contribution in [0.2, 0.25) is 0 Å². The molecule has 4 N–H and O–H groups in total. The van der Waals surface area contributed by atoms with Gasteiger partial charge in [0.15, 0.2) is 0 Å². The lowest BCUT2D eigenvalue weighted by Crippen LogP contribution is -2.05. The van der Waals surface area contributed by atoms with Crippen molar-refractivity contribution in [2.75, 3.05) is 10.6 Å². The van der Waals surface area contributed by atoms with Crippen LogP contribution in [-0.2, 0) is 4.79 Å². The fourth-order valence-electron chi connectivity index (χ4n) is 2.18. The number of hydrogen-bond acceptors (Lipinski definition) is 4. The number of amides is 1. The summed E-state index contributed by atoms with van der Waals surface area (Å²) in [5.74, 6) is -0.600. The highest BCUT2D eigenvalue weighted by molar-refractivity contribution is 5.93. The number of rotatable bonds is 4. The Morgan fingerprint density at radius 1 is 1.09 bits per heavy atom. The lowest BCUT2D eigenvalue weighted by molar-refractivity contribution is -0.114. The largest absolute Gasteiger partial charge is 0.478 e. The fraction of sp³-hybridized carbons (Fsp3) is 0.0625. The molecule has 7 heteroatoms. The van der Waals surface area contributed by atoms with Crippen molar-refractivity contribution in [1.82, 2.24) is 9.97 Å². The van der Waals surface area contributed by atoms with Gasteiger partial charge in [-0.15, -0.1) is 0 Å². The zero-order chi connectivity index (χ0) is 16.4. The van der Waals surface area contributed by atoms with Gasteiger partial charge in [-0.25, -0.2) is 9.78 Å². The molecule has 0 spiro atoms. The Morgan fingerprint density at radius 2 is 1.78 bits per heavy atom. The Morgan fingerprint density at radius 3 is 2.43 bits per heavy atom. The lowest BCUT2D eigenvalue weighted by atomic mass is 10.2. The monoisotopic (exact) mass is 310 g/mol. The summed E-state index contributed by atoms with van der Waals surface area (Å²) in [6.45, 7) is 1.45. The molecule has 0 saturated carbocycles.